The van der Waals surface area contributed by atoms with E-state index in [2.05, 4.69) is 14.5 Å². The lowest BCUT2D eigenvalue weighted by Crippen LogP contribution is -2.17. The van der Waals surface area contributed by atoms with E-state index in [1.807, 2.05) is 0 Å². The lowest BCUT2D eigenvalue weighted by atomic mass is 10.0. The largest absolute Gasteiger partial charge is 0.573 e. The first-order valence-electron chi connectivity index (χ1n) is 6.53. The summed E-state index contributed by atoms with van der Waals surface area (Å²) in [6.45, 7) is 0. The molecule has 0 saturated carbocycles. The molecule has 1 aromatic heterocycles. The molecule has 0 fully saturated rings. The van der Waals surface area contributed by atoms with Crippen LogP contribution in [0.3, 0.4) is 0 Å². The Bertz CT molecular complexity index is 768. The van der Waals surface area contributed by atoms with Gasteiger partial charge in [0.1, 0.15) is 5.75 Å². The van der Waals surface area contributed by atoms with Crippen LogP contribution in [-0.2, 0) is 10.9 Å². The lowest BCUT2D eigenvalue weighted by Gasteiger charge is -2.12. The maximum atomic E-state index is 12.8. The molecule has 0 radical (unpaired) electrons. The molecular weight excluding hydrogens is 356 g/mol. The summed E-state index contributed by atoms with van der Waals surface area (Å²) in [5.74, 6) is -1.59. The molecule has 2 aromatic rings. The predicted octanol–water partition coefficient (Wildman–Crippen LogP) is 4.45. The lowest BCUT2D eigenvalue weighted by molar-refractivity contribution is -0.274. The Balaban J connectivity index is 2.46. The van der Waals surface area contributed by atoms with E-state index < -0.39 is 35.4 Å². The van der Waals surface area contributed by atoms with Gasteiger partial charge in [-0.1, -0.05) is 0 Å². The van der Waals surface area contributed by atoms with Gasteiger partial charge in [0, 0.05) is 11.8 Å². The maximum absolute atomic E-state index is 12.8. The second kappa shape index (κ2) is 6.61. The normalized spacial score (nSPS) is 12.0. The van der Waals surface area contributed by atoms with Crippen molar-refractivity contribution in [2.24, 2.45) is 0 Å². The van der Waals surface area contributed by atoms with E-state index in [0.29, 0.717) is 12.3 Å². The smallest absolute Gasteiger partial charge is 0.465 e. The van der Waals surface area contributed by atoms with Gasteiger partial charge in [0.15, 0.2) is 0 Å². The highest BCUT2D eigenvalue weighted by Crippen LogP contribution is 2.33. The highest BCUT2D eigenvalue weighted by atomic mass is 19.4. The molecule has 0 atom stereocenters. The van der Waals surface area contributed by atoms with Gasteiger partial charge in [-0.2, -0.15) is 13.2 Å². The number of aromatic nitrogens is 1. The van der Waals surface area contributed by atoms with Crippen LogP contribution in [0.4, 0.5) is 26.3 Å². The zero-order valence-corrected chi connectivity index (χ0v) is 12.4. The van der Waals surface area contributed by atoms with E-state index in [9.17, 15) is 31.1 Å². The van der Waals surface area contributed by atoms with E-state index in [4.69, 9.17) is 0 Å². The van der Waals surface area contributed by atoms with Crippen molar-refractivity contribution in [3.05, 3.63) is 47.7 Å². The summed E-state index contributed by atoms with van der Waals surface area (Å²) >= 11 is 0. The minimum Gasteiger partial charge on any atom is -0.465 e. The number of carbonyl (C=O) groups excluding carboxylic acids is 1. The molecule has 0 bridgehead atoms. The van der Waals surface area contributed by atoms with Crippen molar-refractivity contribution in [1.29, 1.82) is 0 Å². The molecule has 0 amide bonds. The van der Waals surface area contributed by atoms with Crippen molar-refractivity contribution in [1.82, 2.24) is 4.98 Å². The first-order chi connectivity index (χ1) is 11.5. The molecule has 1 heterocycles. The van der Waals surface area contributed by atoms with Gasteiger partial charge in [0.2, 0.25) is 0 Å². The molecule has 0 aliphatic carbocycles. The molecule has 134 valence electrons. The van der Waals surface area contributed by atoms with Gasteiger partial charge in [0.25, 0.3) is 0 Å². The van der Waals surface area contributed by atoms with Crippen LogP contribution in [0.15, 0.2) is 36.5 Å². The van der Waals surface area contributed by atoms with Crippen molar-refractivity contribution in [2.45, 2.75) is 12.5 Å². The average Bonchev–Trinajstić information content (AvgIpc) is 2.52. The average molecular weight is 365 g/mol. The van der Waals surface area contributed by atoms with Crippen LogP contribution in [-0.4, -0.2) is 24.4 Å². The molecule has 0 aliphatic rings. The molecule has 0 spiro atoms. The Kier molecular flexibility index (Phi) is 4.91. The minimum atomic E-state index is -4.88. The Hall–Kier alpha value is -2.78. The van der Waals surface area contributed by atoms with Gasteiger partial charge in [-0.05, 0) is 30.3 Å². The third-order valence-corrected chi connectivity index (χ3v) is 2.98. The minimum absolute atomic E-state index is 0.114. The van der Waals surface area contributed by atoms with Crippen molar-refractivity contribution in [3.8, 4) is 17.0 Å². The first-order valence-corrected chi connectivity index (χ1v) is 6.53. The third-order valence-electron chi connectivity index (χ3n) is 2.98. The number of hydrogen-bond donors (Lipinski definition) is 0. The Morgan fingerprint density at radius 3 is 2.12 bits per heavy atom. The number of benzene rings is 1. The molecular formula is C15H9F6NO3. The molecule has 25 heavy (non-hydrogen) atoms. The number of alkyl halides is 6. The molecule has 10 heteroatoms. The number of rotatable bonds is 3. The number of esters is 1. The van der Waals surface area contributed by atoms with Crippen LogP contribution in [0.2, 0.25) is 0 Å². The molecule has 0 aliphatic heterocycles. The standard InChI is InChI=1S/C15H9F6NO3/c1-24-13(23)11-6-9(14(16,17)18)7-22-12(11)8-2-4-10(5-3-8)25-15(19,20)21/h2-7H,1H3. The second-order valence-electron chi connectivity index (χ2n) is 4.68. The molecule has 4 nitrogen and oxygen atoms in total. The van der Waals surface area contributed by atoms with Gasteiger partial charge >= 0.3 is 18.5 Å². The fourth-order valence-corrected chi connectivity index (χ4v) is 1.93. The molecule has 0 N–H and O–H groups in total. The third kappa shape index (κ3) is 4.61. The van der Waals surface area contributed by atoms with Crippen LogP contribution < -0.4 is 4.74 Å². The fraction of sp³-hybridized carbons (Fsp3) is 0.200. The SMILES string of the molecule is COC(=O)c1cc(C(F)(F)F)cnc1-c1ccc(OC(F)(F)F)cc1. The Morgan fingerprint density at radius 2 is 1.64 bits per heavy atom. The summed E-state index contributed by atoms with van der Waals surface area (Å²) in [7, 11) is 0.979. The highest BCUT2D eigenvalue weighted by Gasteiger charge is 2.33. The van der Waals surface area contributed by atoms with E-state index >= 15 is 0 Å². The van der Waals surface area contributed by atoms with Crippen LogP contribution in [0.1, 0.15) is 15.9 Å². The van der Waals surface area contributed by atoms with Crippen LogP contribution >= 0.6 is 0 Å². The summed E-state index contributed by atoms with van der Waals surface area (Å²) in [6.07, 6.45) is -9.09. The summed E-state index contributed by atoms with van der Waals surface area (Å²) in [4.78, 5) is 15.3. The van der Waals surface area contributed by atoms with Crippen LogP contribution in [0.5, 0.6) is 5.75 Å². The fourth-order valence-electron chi connectivity index (χ4n) is 1.93. The first kappa shape index (κ1) is 18.6. The van der Waals surface area contributed by atoms with E-state index in [0.717, 1.165) is 31.4 Å². The number of ether oxygens (including phenoxy) is 2. The highest BCUT2D eigenvalue weighted by molar-refractivity contribution is 5.96. The number of halogens is 6. The summed E-state index contributed by atoms with van der Waals surface area (Å²) in [5, 5.41) is 0. The molecule has 1 aromatic carbocycles. The van der Waals surface area contributed by atoms with Gasteiger partial charge in [-0.3, -0.25) is 4.98 Å². The van der Waals surface area contributed by atoms with Gasteiger partial charge in [-0.25, -0.2) is 4.79 Å². The van der Waals surface area contributed by atoms with E-state index in [1.54, 1.807) is 0 Å². The van der Waals surface area contributed by atoms with E-state index in [1.165, 1.54) is 0 Å². The predicted molar refractivity (Wildman–Crippen MR) is 72.7 cm³/mol. The van der Waals surface area contributed by atoms with E-state index in [-0.39, 0.29) is 11.3 Å². The van der Waals surface area contributed by atoms with Gasteiger partial charge < -0.3 is 9.47 Å². The zero-order valence-electron chi connectivity index (χ0n) is 12.4. The van der Waals surface area contributed by atoms with Gasteiger partial charge in [0.05, 0.1) is 23.9 Å². The number of pyridine rings is 1. The van der Waals surface area contributed by atoms with Gasteiger partial charge in [-0.15, -0.1) is 13.2 Å². The van der Waals surface area contributed by atoms with Crippen molar-refractivity contribution >= 4 is 5.97 Å². The Morgan fingerprint density at radius 1 is 1.04 bits per heavy atom. The van der Waals surface area contributed by atoms with Crippen molar-refractivity contribution < 1.29 is 40.6 Å². The topological polar surface area (TPSA) is 48.4 Å². The maximum Gasteiger partial charge on any atom is 0.573 e. The van der Waals surface area contributed by atoms with Crippen molar-refractivity contribution in [3.63, 3.8) is 0 Å². The molecule has 0 unspecified atom stereocenters. The summed E-state index contributed by atoms with van der Waals surface area (Å²) in [6, 6.07) is 4.72. The zero-order chi connectivity index (χ0) is 18.8. The molecule has 0 saturated heterocycles. The Labute approximate surface area is 137 Å². The van der Waals surface area contributed by atoms with Crippen LogP contribution in [0, 0.1) is 0 Å². The summed E-state index contributed by atoms with van der Waals surface area (Å²) in [5.41, 5.74) is -1.68. The summed E-state index contributed by atoms with van der Waals surface area (Å²) < 4.78 is 82.8. The number of nitrogens with zero attached hydrogens (tertiary/aromatic N) is 1. The second-order valence-corrected chi connectivity index (χ2v) is 4.68. The quantitative estimate of drug-likeness (QED) is 0.596. The number of carbonyl (C=O) groups is 1. The van der Waals surface area contributed by atoms with Crippen LogP contribution in [0.25, 0.3) is 11.3 Å². The number of hydrogen-bond acceptors (Lipinski definition) is 4. The monoisotopic (exact) mass is 365 g/mol. The molecule has 2 rings (SSSR count). The van der Waals surface area contributed by atoms with Crippen molar-refractivity contribution in [2.75, 3.05) is 7.11 Å². The number of methoxy groups -OCH3 is 1.